The van der Waals surface area contributed by atoms with Gasteiger partial charge in [-0.05, 0) is 101 Å². The van der Waals surface area contributed by atoms with E-state index >= 15 is 0 Å². The number of likely N-dealkylation sites (tertiary alicyclic amines) is 1. The third-order valence-electron chi connectivity index (χ3n) is 12.8. The van der Waals surface area contributed by atoms with Crippen LogP contribution in [0.15, 0.2) is 60.8 Å². The molecular formula is C43H51N9O4. The first-order valence-electron chi connectivity index (χ1n) is 20.3. The van der Waals surface area contributed by atoms with Crippen molar-refractivity contribution in [2.24, 2.45) is 5.92 Å². The molecule has 3 N–H and O–H groups in total. The van der Waals surface area contributed by atoms with Crippen molar-refractivity contribution >= 4 is 51.7 Å². The zero-order valence-electron chi connectivity index (χ0n) is 32.3. The van der Waals surface area contributed by atoms with Crippen LogP contribution >= 0.6 is 0 Å². The molecule has 0 bridgehead atoms. The van der Waals surface area contributed by atoms with E-state index in [0.717, 1.165) is 92.9 Å². The molecule has 7 heterocycles. The van der Waals surface area contributed by atoms with E-state index in [9.17, 15) is 19.2 Å². The molecule has 2 aromatic carbocycles. The van der Waals surface area contributed by atoms with E-state index in [4.69, 9.17) is 0 Å². The minimum Gasteiger partial charge on any atom is -0.371 e. The summed E-state index contributed by atoms with van der Waals surface area (Å²) in [5.41, 5.74) is 6.66. The van der Waals surface area contributed by atoms with E-state index in [0.29, 0.717) is 47.9 Å². The first kappa shape index (κ1) is 36.4. The summed E-state index contributed by atoms with van der Waals surface area (Å²) in [6.07, 6.45) is 6.96. The standard InChI is InChI=1S/C43H51N9O4/c1-27-24-49(25-28-14-17-50(18-15-28)36-6-3-5-32-33(36)26-52(43(32)56)38-12-13-40(53)47-42(38)55)19-20-51(27)31-10-8-29(9-11-31)41(54)46-39-22-34-30(23-44-39)21-35(45-34)37-7-4-16-48(37)2/h3,5-6,8-11,21-23,27-28,37-38,45H,4,7,12-20,24-26H2,1-2H3,(H,44,46,54)(H,47,53,55)/t27-,37+,38?/m0/s1. The molecule has 13 heteroatoms. The minimum absolute atomic E-state index is 0.124. The van der Waals surface area contributed by atoms with E-state index in [1.807, 2.05) is 36.5 Å². The van der Waals surface area contributed by atoms with Crippen LogP contribution in [0.2, 0.25) is 0 Å². The molecule has 292 valence electrons. The SMILES string of the molecule is C[C@H]1CN(CC2CCN(c3cccc4c3CN(C3CCC(=O)NC3=O)C4=O)CC2)CCN1c1ccc(C(=O)Nc2cc3[nH]c([C@H]4CCCN4C)cc3cn2)cc1. The summed E-state index contributed by atoms with van der Waals surface area (Å²) in [5, 5.41) is 6.44. The number of aromatic amines is 1. The fourth-order valence-electron chi connectivity index (χ4n) is 9.76. The lowest BCUT2D eigenvalue weighted by Gasteiger charge is -2.43. The Morgan fingerprint density at radius 1 is 0.911 bits per heavy atom. The number of aromatic nitrogens is 2. The van der Waals surface area contributed by atoms with Gasteiger partial charge in [0.05, 0.1) is 5.52 Å². The smallest absolute Gasteiger partial charge is 0.256 e. The normalized spacial score (nSPS) is 23.9. The van der Waals surface area contributed by atoms with Crippen LogP contribution in [0, 0.1) is 5.92 Å². The van der Waals surface area contributed by atoms with E-state index < -0.39 is 6.04 Å². The Labute approximate surface area is 327 Å². The van der Waals surface area contributed by atoms with E-state index in [1.165, 1.54) is 12.1 Å². The van der Waals surface area contributed by atoms with Gasteiger partial charge >= 0.3 is 0 Å². The number of nitrogens with one attached hydrogen (secondary N) is 3. The van der Waals surface area contributed by atoms with Crippen molar-refractivity contribution in [1.82, 2.24) is 30.0 Å². The lowest BCUT2D eigenvalue weighted by atomic mass is 9.94. The van der Waals surface area contributed by atoms with Crippen LogP contribution in [-0.2, 0) is 16.1 Å². The monoisotopic (exact) mass is 757 g/mol. The molecular weight excluding hydrogens is 707 g/mol. The van der Waals surface area contributed by atoms with Crippen molar-refractivity contribution in [3.05, 3.63) is 83.2 Å². The number of piperidine rings is 2. The third kappa shape index (κ3) is 7.02. The molecule has 2 aromatic heterocycles. The van der Waals surface area contributed by atoms with Crippen molar-refractivity contribution < 1.29 is 19.2 Å². The Balaban J connectivity index is 0.756. The summed E-state index contributed by atoms with van der Waals surface area (Å²) < 4.78 is 0. The summed E-state index contributed by atoms with van der Waals surface area (Å²) in [4.78, 5) is 70.4. The van der Waals surface area contributed by atoms with Gasteiger partial charge < -0.3 is 25.0 Å². The lowest BCUT2D eigenvalue weighted by Crippen LogP contribution is -2.53. The molecule has 13 nitrogen and oxygen atoms in total. The highest BCUT2D eigenvalue weighted by atomic mass is 16.2. The second-order valence-electron chi connectivity index (χ2n) is 16.5. The maximum Gasteiger partial charge on any atom is 0.256 e. The topological polar surface area (TPSA) is 137 Å². The number of carbonyl (C=O) groups excluding carboxylic acids is 4. The van der Waals surface area contributed by atoms with Crippen LogP contribution in [-0.4, -0.2) is 113 Å². The van der Waals surface area contributed by atoms with Gasteiger partial charge in [0.2, 0.25) is 11.8 Å². The first-order valence-corrected chi connectivity index (χ1v) is 20.3. The first-order chi connectivity index (χ1) is 27.2. The Morgan fingerprint density at radius 3 is 2.48 bits per heavy atom. The Kier molecular flexibility index (Phi) is 9.74. The van der Waals surface area contributed by atoms with Crippen molar-refractivity contribution in [1.29, 1.82) is 0 Å². The van der Waals surface area contributed by atoms with Crippen molar-refractivity contribution in [3.63, 3.8) is 0 Å². The molecule has 4 aromatic rings. The molecule has 0 radical (unpaired) electrons. The van der Waals surface area contributed by atoms with Gasteiger partial charge in [-0.25, -0.2) is 4.98 Å². The summed E-state index contributed by atoms with van der Waals surface area (Å²) >= 11 is 0. The van der Waals surface area contributed by atoms with Crippen LogP contribution in [0.4, 0.5) is 17.2 Å². The number of anilines is 3. The van der Waals surface area contributed by atoms with Gasteiger partial charge in [0.1, 0.15) is 11.9 Å². The minimum atomic E-state index is -0.604. The van der Waals surface area contributed by atoms with Gasteiger partial charge in [-0.1, -0.05) is 6.07 Å². The Hall–Kier alpha value is -5.27. The van der Waals surface area contributed by atoms with Gasteiger partial charge in [-0.2, -0.15) is 0 Å². The fourth-order valence-corrected chi connectivity index (χ4v) is 9.76. The van der Waals surface area contributed by atoms with Gasteiger partial charge in [-0.3, -0.25) is 34.3 Å². The number of rotatable bonds is 8. The van der Waals surface area contributed by atoms with E-state index in [2.05, 4.69) is 78.4 Å². The molecule has 5 aliphatic rings. The van der Waals surface area contributed by atoms with Crippen LogP contribution in [0.1, 0.15) is 83.5 Å². The number of H-pyrrole nitrogens is 1. The van der Waals surface area contributed by atoms with Crippen molar-refractivity contribution in [2.75, 3.05) is 68.0 Å². The number of amides is 4. The van der Waals surface area contributed by atoms with Gasteiger partial charge in [-0.15, -0.1) is 0 Å². The highest BCUT2D eigenvalue weighted by Gasteiger charge is 2.40. The highest BCUT2D eigenvalue weighted by molar-refractivity contribution is 6.06. The van der Waals surface area contributed by atoms with E-state index in [-0.39, 0.29) is 30.0 Å². The number of pyridine rings is 1. The molecule has 0 saturated carbocycles. The lowest BCUT2D eigenvalue weighted by molar-refractivity contribution is -0.136. The van der Waals surface area contributed by atoms with Crippen molar-refractivity contribution in [2.45, 2.75) is 70.1 Å². The Bertz CT molecular complexity index is 2160. The number of fused-ring (bicyclic) bond motifs is 2. The molecule has 4 saturated heterocycles. The number of benzene rings is 2. The summed E-state index contributed by atoms with van der Waals surface area (Å²) in [6.45, 7) is 9.62. The predicted octanol–water partition coefficient (Wildman–Crippen LogP) is 4.77. The molecule has 0 aliphatic carbocycles. The molecule has 9 rings (SSSR count). The molecule has 56 heavy (non-hydrogen) atoms. The number of hydrogen-bond donors (Lipinski definition) is 3. The molecule has 1 unspecified atom stereocenters. The number of imide groups is 1. The summed E-state index contributed by atoms with van der Waals surface area (Å²) in [7, 11) is 2.16. The zero-order valence-corrected chi connectivity index (χ0v) is 32.3. The molecule has 0 spiro atoms. The zero-order chi connectivity index (χ0) is 38.5. The largest absolute Gasteiger partial charge is 0.371 e. The third-order valence-corrected chi connectivity index (χ3v) is 12.8. The summed E-state index contributed by atoms with van der Waals surface area (Å²) in [6, 6.07) is 18.1. The van der Waals surface area contributed by atoms with Gasteiger partial charge in [0, 0.05) is 116 Å². The molecule has 4 fully saturated rings. The maximum absolute atomic E-state index is 13.4. The van der Waals surface area contributed by atoms with Crippen LogP contribution in [0.25, 0.3) is 10.9 Å². The van der Waals surface area contributed by atoms with Gasteiger partial charge in [0.15, 0.2) is 0 Å². The number of nitrogens with zero attached hydrogens (tertiary/aromatic N) is 6. The average molecular weight is 758 g/mol. The number of carbonyl (C=O) groups is 4. The van der Waals surface area contributed by atoms with Crippen LogP contribution in [0.3, 0.4) is 0 Å². The second-order valence-corrected chi connectivity index (χ2v) is 16.5. The highest BCUT2D eigenvalue weighted by Crippen LogP contribution is 2.36. The number of hydrogen-bond acceptors (Lipinski definition) is 9. The summed E-state index contributed by atoms with van der Waals surface area (Å²) in [5.74, 6) is 0.191. The molecule has 5 aliphatic heterocycles. The fraction of sp³-hybridized carbons (Fsp3) is 0.465. The van der Waals surface area contributed by atoms with Crippen LogP contribution < -0.4 is 20.4 Å². The average Bonchev–Trinajstić information content (AvgIpc) is 3.91. The van der Waals surface area contributed by atoms with E-state index in [1.54, 1.807) is 4.90 Å². The molecule has 4 amide bonds. The predicted molar refractivity (Wildman–Crippen MR) is 216 cm³/mol. The quantitative estimate of drug-likeness (QED) is 0.217. The second kappa shape index (κ2) is 15.0. The number of piperazine rings is 1. The molecule has 3 atom stereocenters. The Morgan fingerprint density at radius 2 is 1.73 bits per heavy atom. The maximum atomic E-state index is 13.4. The van der Waals surface area contributed by atoms with Crippen LogP contribution in [0.5, 0.6) is 0 Å². The van der Waals surface area contributed by atoms with Crippen molar-refractivity contribution in [3.8, 4) is 0 Å². The van der Waals surface area contributed by atoms with Gasteiger partial charge in [0.25, 0.3) is 11.8 Å².